The fourth-order valence-corrected chi connectivity index (χ4v) is 3.45. The summed E-state index contributed by atoms with van der Waals surface area (Å²) in [5, 5.41) is 3.15. The fraction of sp³-hybridized carbons (Fsp3) is 0.125. The molecule has 6 heteroatoms. The smallest absolute Gasteiger partial charge is 0.261 e. The number of fused-ring (bicyclic) bond motifs is 2. The third kappa shape index (κ3) is 2.26. The van der Waals surface area contributed by atoms with E-state index in [1.165, 1.54) is 12.1 Å². The van der Waals surface area contributed by atoms with Gasteiger partial charge in [-0.25, -0.2) is 8.42 Å². The number of hydrogen-bond acceptors (Lipinski definition) is 4. The number of rotatable bonds is 3. The minimum absolute atomic E-state index is 0.0253. The molecule has 0 spiro atoms. The molecule has 0 aromatic heterocycles. The van der Waals surface area contributed by atoms with Crippen molar-refractivity contribution in [2.75, 3.05) is 14.2 Å². The average molecular weight is 337 g/mol. The van der Waals surface area contributed by atoms with Crippen LogP contribution in [-0.2, 0) is 9.05 Å². The second-order valence-electron chi connectivity index (χ2n) is 4.76. The molecule has 0 saturated heterocycles. The van der Waals surface area contributed by atoms with E-state index in [1.807, 2.05) is 24.3 Å². The van der Waals surface area contributed by atoms with E-state index in [0.29, 0.717) is 16.9 Å². The number of halogens is 1. The van der Waals surface area contributed by atoms with E-state index < -0.39 is 9.05 Å². The van der Waals surface area contributed by atoms with Crippen LogP contribution in [0.4, 0.5) is 0 Å². The van der Waals surface area contributed by atoms with Gasteiger partial charge in [-0.05, 0) is 18.2 Å². The molecule has 0 bridgehead atoms. The molecule has 0 N–H and O–H groups in total. The van der Waals surface area contributed by atoms with Gasteiger partial charge in [0.2, 0.25) is 0 Å². The molecule has 0 saturated carbocycles. The maximum Gasteiger partial charge on any atom is 0.261 e. The van der Waals surface area contributed by atoms with Crippen molar-refractivity contribution in [2.24, 2.45) is 0 Å². The molecule has 22 heavy (non-hydrogen) atoms. The van der Waals surface area contributed by atoms with E-state index in [2.05, 4.69) is 0 Å². The lowest BCUT2D eigenvalue weighted by Gasteiger charge is -2.15. The highest BCUT2D eigenvalue weighted by Gasteiger charge is 2.18. The summed E-state index contributed by atoms with van der Waals surface area (Å²) < 4.78 is 34.2. The van der Waals surface area contributed by atoms with Crippen molar-refractivity contribution in [1.29, 1.82) is 0 Å². The van der Waals surface area contributed by atoms with Crippen LogP contribution in [0.3, 0.4) is 0 Å². The molecule has 0 atom stereocenters. The predicted molar refractivity (Wildman–Crippen MR) is 87.6 cm³/mol. The van der Waals surface area contributed by atoms with Crippen molar-refractivity contribution in [3.8, 4) is 11.5 Å². The van der Waals surface area contributed by atoms with Gasteiger partial charge >= 0.3 is 0 Å². The molecule has 0 radical (unpaired) electrons. The summed E-state index contributed by atoms with van der Waals surface area (Å²) in [7, 11) is 4.76. The lowest BCUT2D eigenvalue weighted by molar-refractivity contribution is 0.417. The minimum atomic E-state index is -3.82. The Morgan fingerprint density at radius 3 is 1.82 bits per heavy atom. The van der Waals surface area contributed by atoms with Gasteiger partial charge in [0.05, 0.1) is 19.1 Å². The van der Waals surface area contributed by atoms with Gasteiger partial charge in [0.15, 0.2) is 0 Å². The molecule has 114 valence electrons. The van der Waals surface area contributed by atoms with Crippen LogP contribution < -0.4 is 9.47 Å². The van der Waals surface area contributed by atoms with Gasteiger partial charge in [0, 0.05) is 32.2 Å². The lowest BCUT2D eigenvalue weighted by atomic mass is 10.0. The van der Waals surface area contributed by atoms with Gasteiger partial charge in [0.25, 0.3) is 9.05 Å². The van der Waals surface area contributed by atoms with Crippen molar-refractivity contribution in [1.82, 2.24) is 0 Å². The van der Waals surface area contributed by atoms with Gasteiger partial charge in [-0.15, -0.1) is 0 Å². The zero-order valence-electron chi connectivity index (χ0n) is 12.0. The SMILES string of the molecule is COc1c2ccccc2c(OC)c2cc(S(=O)(=O)Cl)ccc12. The molecule has 0 aliphatic rings. The van der Waals surface area contributed by atoms with Crippen LogP contribution in [0.25, 0.3) is 21.5 Å². The summed E-state index contributed by atoms with van der Waals surface area (Å²) in [6.07, 6.45) is 0. The molecule has 0 amide bonds. The molecule has 3 rings (SSSR count). The highest BCUT2D eigenvalue weighted by atomic mass is 35.7. The molecule has 0 aliphatic heterocycles. The Kier molecular flexibility index (Phi) is 3.62. The predicted octanol–water partition coefficient (Wildman–Crippen LogP) is 3.94. The normalized spacial score (nSPS) is 11.8. The molecule has 0 unspecified atom stereocenters. The van der Waals surface area contributed by atoms with Crippen LogP contribution in [-0.4, -0.2) is 22.6 Å². The van der Waals surface area contributed by atoms with Crippen molar-refractivity contribution >= 4 is 41.3 Å². The zero-order chi connectivity index (χ0) is 15.9. The topological polar surface area (TPSA) is 52.6 Å². The molecule has 3 aromatic rings. The first-order chi connectivity index (χ1) is 10.5. The first kappa shape index (κ1) is 14.9. The van der Waals surface area contributed by atoms with Crippen LogP contribution >= 0.6 is 10.7 Å². The van der Waals surface area contributed by atoms with Crippen LogP contribution in [0.15, 0.2) is 47.4 Å². The Labute approximate surface area is 132 Å². The standard InChI is InChI=1S/C16H13ClO4S/c1-20-15-11-5-3-4-6-12(11)16(21-2)14-9-10(22(17,18)19)7-8-13(14)15/h3-9H,1-2H3. The van der Waals surface area contributed by atoms with Crippen molar-refractivity contribution < 1.29 is 17.9 Å². The van der Waals surface area contributed by atoms with Crippen molar-refractivity contribution in [2.45, 2.75) is 4.90 Å². The van der Waals surface area contributed by atoms with Crippen LogP contribution in [0.1, 0.15) is 0 Å². The van der Waals surface area contributed by atoms with Crippen molar-refractivity contribution in [3.63, 3.8) is 0 Å². The summed E-state index contributed by atoms with van der Waals surface area (Å²) in [5.41, 5.74) is 0. The quantitative estimate of drug-likeness (QED) is 0.537. The van der Waals surface area contributed by atoms with Gasteiger partial charge in [0.1, 0.15) is 11.5 Å². The van der Waals surface area contributed by atoms with Gasteiger partial charge in [-0.3, -0.25) is 0 Å². The van der Waals surface area contributed by atoms with Gasteiger partial charge in [-0.2, -0.15) is 0 Å². The number of methoxy groups -OCH3 is 2. The monoisotopic (exact) mass is 336 g/mol. The van der Waals surface area contributed by atoms with Crippen LogP contribution in [0.5, 0.6) is 11.5 Å². The maximum atomic E-state index is 11.6. The first-order valence-corrected chi connectivity index (χ1v) is 8.79. The maximum absolute atomic E-state index is 11.6. The molecule has 3 aromatic carbocycles. The third-order valence-electron chi connectivity index (χ3n) is 3.59. The van der Waals surface area contributed by atoms with E-state index >= 15 is 0 Å². The number of hydrogen-bond donors (Lipinski definition) is 0. The summed E-state index contributed by atoms with van der Waals surface area (Å²) in [5.74, 6) is 1.26. The van der Waals surface area contributed by atoms with E-state index in [9.17, 15) is 8.42 Å². The Bertz CT molecular complexity index is 980. The second kappa shape index (κ2) is 5.34. The zero-order valence-corrected chi connectivity index (χ0v) is 13.5. The Balaban J connectivity index is 2.56. The van der Waals surface area contributed by atoms with Crippen molar-refractivity contribution in [3.05, 3.63) is 42.5 Å². The summed E-state index contributed by atoms with van der Waals surface area (Å²) >= 11 is 0. The molecule has 0 heterocycles. The molecule has 0 fully saturated rings. The number of benzene rings is 3. The molecule has 4 nitrogen and oxygen atoms in total. The molecular weight excluding hydrogens is 324 g/mol. The Hall–Kier alpha value is -1.98. The van der Waals surface area contributed by atoms with E-state index in [1.54, 1.807) is 20.3 Å². The summed E-state index contributed by atoms with van der Waals surface area (Å²) in [4.78, 5) is 0.0253. The van der Waals surface area contributed by atoms with E-state index in [-0.39, 0.29) is 4.90 Å². The van der Waals surface area contributed by atoms with Crippen LogP contribution in [0.2, 0.25) is 0 Å². The van der Waals surface area contributed by atoms with Gasteiger partial charge < -0.3 is 9.47 Å². The van der Waals surface area contributed by atoms with E-state index in [4.69, 9.17) is 20.2 Å². The Morgan fingerprint density at radius 1 is 0.818 bits per heavy atom. The summed E-state index contributed by atoms with van der Waals surface area (Å²) in [6, 6.07) is 12.3. The third-order valence-corrected chi connectivity index (χ3v) is 4.94. The van der Waals surface area contributed by atoms with E-state index in [0.717, 1.165) is 16.2 Å². The Morgan fingerprint density at radius 2 is 1.32 bits per heavy atom. The largest absolute Gasteiger partial charge is 0.495 e. The van der Waals surface area contributed by atoms with Crippen LogP contribution in [0, 0.1) is 0 Å². The molecule has 0 aliphatic carbocycles. The second-order valence-corrected chi connectivity index (χ2v) is 7.32. The van der Waals surface area contributed by atoms with Gasteiger partial charge in [-0.1, -0.05) is 24.3 Å². The summed E-state index contributed by atoms with van der Waals surface area (Å²) in [6.45, 7) is 0. The minimum Gasteiger partial charge on any atom is -0.495 e. The highest BCUT2D eigenvalue weighted by Crippen LogP contribution is 2.43. The first-order valence-electron chi connectivity index (χ1n) is 6.48. The highest BCUT2D eigenvalue weighted by molar-refractivity contribution is 8.13. The number of ether oxygens (including phenoxy) is 2. The fourth-order valence-electron chi connectivity index (χ4n) is 2.67. The molecular formula is C16H13ClO4S. The lowest BCUT2D eigenvalue weighted by Crippen LogP contribution is -1.95. The average Bonchev–Trinajstić information content (AvgIpc) is 2.51.